The van der Waals surface area contributed by atoms with Crippen LogP contribution in [0.2, 0.25) is 5.02 Å². The van der Waals surface area contributed by atoms with Crippen molar-refractivity contribution in [2.24, 2.45) is 0 Å². The highest BCUT2D eigenvalue weighted by Gasteiger charge is 2.13. The van der Waals surface area contributed by atoms with Gasteiger partial charge >= 0.3 is 0 Å². The summed E-state index contributed by atoms with van der Waals surface area (Å²) < 4.78 is 3.18. The summed E-state index contributed by atoms with van der Waals surface area (Å²) in [5.41, 5.74) is 2.98. The Labute approximate surface area is 126 Å². The minimum atomic E-state index is -0.137. The molecule has 21 heavy (non-hydrogen) atoms. The van der Waals surface area contributed by atoms with Crippen molar-refractivity contribution in [2.45, 2.75) is 13.8 Å². The molecule has 0 amide bonds. The summed E-state index contributed by atoms with van der Waals surface area (Å²) in [5, 5.41) is 5.04. The molecule has 0 atom stereocenters. The summed E-state index contributed by atoms with van der Waals surface area (Å²) in [6.07, 6.45) is 4.67. The predicted molar refractivity (Wildman–Crippen MR) is 80.0 cm³/mol. The molecule has 0 spiro atoms. The Kier molecular flexibility index (Phi) is 3.35. The molecular weight excluding hydrogens is 288 g/mol. The molecule has 0 aliphatic heterocycles. The van der Waals surface area contributed by atoms with Crippen LogP contribution in [0.1, 0.15) is 21.7 Å². The molecule has 0 unspecified atom stereocenters. The third-order valence-corrected chi connectivity index (χ3v) is 3.83. The molecule has 2 aromatic heterocycles. The Bertz CT molecular complexity index is 805. The molecular formula is C15H13ClN4O. The zero-order valence-electron chi connectivity index (χ0n) is 11.6. The first-order chi connectivity index (χ1) is 10.1. The molecule has 0 radical (unpaired) electrons. The van der Waals surface area contributed by atoms with Crippen molar-refractivity contribution in [1.82, 2.24) is 19.3 Å². The lowest BCUT2D eigenvalue weighted by molar-refractivity contribution is 0.0959. The summed E-state index contributed by atoms with van der Waals surface area (Å²) >= 11 is 6.17. The number of carbonyl (C=O) groups excluding carboxylic acids is 1. The van der Waals surface area contributed by atoms with Crippen LogP contribution in [0.3, 0.4) is 0 Å². The van der Waals surface area contributed by atoms with Crippen LogP contribution in [0.25, 0.3) is 5.69 Å². The molecule has 3 rings (SSSR count). The van der Waals surface area contributed by atoms with E-state index in [9.17, 15) is 4.79 Å². The van der Waals surface area contributed by atoms with Crippen molar-refractivity contribution in [1.29, 1.82) is 0 Å². The second-order valence-corrected chi connectivity index (χ2v) is 5.10. The van der Waals surface area contributed by atoms with Crippen LogP contribution in [-0.4, -0.2) is 25.2 Å². The van der Waals surface area contributed by atoms with E-state index < -0.39 is 0 Å². The average Bonchev–Trinajstić information content (AvgIpc) is 3.11. The molecule has 1 aromatic carbocycles. The zero-order chi connectivity index (χ0) is 15.0. The maximum atomic E-state index is 12.3. The number of halogens is 1. The molecule has 2 heterocycles. The molecule has 5 nitrogen and oxygen atoms in total. The highest BCUT2D eigenvalue weighted by Crippen LogP contribution is 2.22. The molecule has 0 saturated carbocycles. The lowest BCUT2D eigenvalue weighted by atomic mass is 10.2. The van der Waals surface area contributed by atoms with Crippen molar-refractivity contribution < 1.29 is 4.79 Å². The topological polar surface area (TPSA) is 52.7 Å². The standard InChI is InChI=1S/C15H13ClN4O/c1-10-14(16)11(2)20(18-10)13-5-3-4-12(8-13)15(21)19-7-6-17-9-19/h3-9H,1-2H3. The summed E-state index contributed by atoms with van der Waals surface area (Å²) in [6, 6.07) is 7.27. The smallest absolute Gasteiger partial charge is 0.263 e. The Morgan fingerprint density at radius 2 is 2.10 bits per heavy atom. The van der Waals surface area contributed by atoms with Crippen LogP contribution >= 0.6 is 11.6 Å². The van der Waals surface area contributed by atoms with E-state index >= 15 is 0 Å². The number of carbonyl (C=O) groups is 1. The van der Waals surface area contributed by atoms with Crippen molar-refractivity contribution >= 4 is 17.5 Å². The second-order valence-electron chi connectivity index (χ2n) is 4.72. The minimum Gasteiger partial charge on any atom is -0.272 e. The first-order valence-electron chi connectivity index (χ1n) is 6.43. The molecule has 0 fully saturated rings. The van der Waals surface area contributed by atoms with Gasteiger partial charge in [0.1, 0.15) is 6.33 Å². The molecule has 0 aliphatic rings. The Hall–Kier alpha value is -2.40. The maximum absolute atomic E-state index is 12.3. The van der Waals surface area contributed by atoms with Crippen LogP contribution in [0.4, 0.5) is 0 Å². The summed E-state index contributed by atoms with van der Waals surface area (Å²) in [5.74, 6) is -0.137. The van der Waals surface area contributed by atoms with Crippen LogP contribution in [-0.2, 0) is 0 Å². The van der Waals surface area contributed by atoms with Gasteiger partial charge in [0.2, 0.25) is 0 Å². The lowest BCUT2D eigenvalue weighted by Gasteiger charge is -2.07. The van der Waals surface area contributed by atoms with E-state index in [0.29, 0.717) is 10.6 Å². The van der Waals surface area contributed by atoms with Crippen LogP contribution < -0.4 is 0 Å². The monoisotopic (exact) mass is 300 g/mol. The molecule has 106 valence electrons. The fraction of sp³-hybridized carbons (Fsp3) is 0.133. The van der Waals surface area contributed by atoms with E-state index in [1.54, 1.807) is 29.2 Å². The van der Waals surface area contributed by atoms with Gasteiger partial charge in [0.15, 0.2) is 0 Å². The first-order valence-corrected chi connectivity index (χ1v) is 6.80. The lowest BCUT2D eigenvalue weighted by Crippen LogP contribution is -2.10. The van der Waals surface area contributed by atoms with E-state index in [1.165, 1.54) is 10.9 Å². The van der Waals surface area contributed by atoms with E-state index in [1.807, 2.05) is 26.0 Å². The van der Waals surface area contributed by atoms with E-state index in [2.05, 4.69) is 10.1 Å². The number of aromatic nitrogens is 4. The van der Waals surface area contributed by atoms with Crippen molar-refractivity contribution in [2.75, 3.05) is 0 Å². The zero-order valence-corrected chi connectivity index (χ0v) is 12.4. The number of hydrogen-bond donors (Lipinski definition) is 0. The number of benzene rings is 1. The molecule has 0 saturated heterocycles. The van der Waals surface area contributed by atoms with Crippen LogP contribution in [0.5, 0.6) is 0 Å². The van der Waals surface area contributed by atoms with Gasteiger partial charge < -0.3 is 0 Å². The van der Waals surface area contributed by atoms with Gasteiger partial charge in [-0.3, -0.25) is 9.36 Å². The minimum absolute atomic E-state index is 0.137. The Morgan fingerprint density at radius 3 is 2.71 bits per heavy atom. The third-order valence-electron chi connectivity index (χ3n) is 3.28. The Balaban J connectivity index is 2.04. The summed E-state index contributed by atoms with van der Waals surface area (Å²) in [7, 11) is 0. The van der Waals surface area contributed by atoms with Crippen molar-refractivity contribution in [3.05, 3.63) is 65.0 Å². The normalized spacial score (nSPS) is 10.8. The number of imidazole rings is 1. The third kappa shape index (κ3) is 2.36. The van der Waals surface area contributed by atoms with Crippen LogP contribution in [0.15, 0.2) is 43.0 Å². The molecule has 0 bridgehead atoms. The molecule has 6 heteroatoms. The molecule has 0 aliphatic carbocycles. The highest BCUT2D eigenvalue weighted by molar-refractivity contribution is 6.31. The van der Waals surface area contributed by atoms with E-state index in [-0.39, 0.29) is 5.91 Å². The molecule has 3 aromatic rings. The van der Waals surface area contributed by atoms with Gasteiger partial charge in [-0.1, -0.05) is 17.7 Å². The highest BCUT2D eigenvalue weighted by atomic mass is 35.5. The fourth-order valence-electron chi connectivity index (χ4n) is 2.17. The first kappa shape index (κ1) is 13.6. The van der Waals surface area contributed by atoms with Crippen molar-refractivity contribution in [3.8, 4) is 5.69 Å². The van der Waals surface area contributed by atoms with Gasteiger partial charge in [0, 0.05) is 18.0 Å². The number of hydrogen-bond acceptors (Lipinski definition) is 3. The van der Waals surface area contributed by atoms with Crippen LogP contribution in [0, 0.1) is 13.8 Å². The van der Waals surface area contributed by atoms with Gasteiger partial charge in [0.05, 0.1) is 22.1 Å². The van der Waals surface area contributed by atoms with Gasteiger partial charge in [-0.2, -0.15) is 5.10 Å². The van der Waals surface area contributed by atoms with Gasteiger partial charge in [0.25, 0.3) is 5.91 Å². The van der Waals surface area contributed by atoms with Gasteiger partial charge in [-0.05, 0) is 32.0 Å². The maximum Gasteiger partial charge on any atom is 0.263 e. The fourth-order valence-corrected chi connectivity index (χ4v) is 2.29. The van der Waals surface area contributed by atoms with Gasteiger partial charge in [-0.15, -0.1) is 0 Å². The number of aryl methyl sites for hydroxylation is 1. The van der Waals surface area contributed by atoms with E-state index in [4.69, 9.17) is 11.6 Å². The molecule has 0 N–H and O–H groups in total. The van der Waals surface area contributed by atoms with E-state index in [0.717, 1.165) is 17.1 Å². The Morgan fingerprint density at radius 1 is 1.29 bits per heavy atom. The summed E-state index contributed by atoms with van der Waals surface area (Å²) in [4.78, 5) is 16.2. The average molecular weight is 301 g/mol. The quantitative estimate of drug-likeness (QED) is 0.731. The van der Waals surface area contributed by atoms with Crippen molar-refractivity contribution in [3.63, 3.8) is 0 Å². The largest absolute Gasteiger partial charge is 0.272 e. The van der Waals surface area contributed by atoms with Gasteiger partial charge in [-0.25, -0.2) is 9.67 Å². The number of rotatable bonds is 2. The predicted octanol–water partition coefficient (Wildman–Crippen LogP) is 3.03. The summed E-state index contributed by atoms with van der Waals surface area (Å²) in [6.45, 7) is 3.75. The number of nitrogens with zero attached hydrogens (tertiary/aromatic N) is 4. The second kappa shape index (κ2) is 5.18. The SMILES string of the molecule is Cc1nn(-c2cccc(C(=O)n3ccnc3)c2)c(C)c1Cl.